The first-order valence-corrected chi connectivity index (χ1v) is 7.24. The molecular weight excluding hydrogens is 284 g/mol. The number of anilines is 1. The van der Waals surface area contributed by atoms with Gasteiger partial charge in [-0.15, -0.1) is 0 Å². The Labute approximate surface area is 129 Å². The molecule has 0 bridgehead atoms. The number of amides is 2. The lowest BCUT2D eigenvalue weighted by Crippen LogP contribution is -2.37. The SMILES string of the molecule is CC1(C(=O)O)CCN(C(=O)Nc2cnc(C(C)(C)C)nc2)C1. The van der Waals surface area contributed by atoms with E-state index in [1.807, 2.05) is 20.8 Å². The highest BCUT2D eigenvalue weighted by atomic mass is 16.4. The summed E-state index contributed by atoms with van der Waals surface area (Å²) < 4.78 is 0. The fourth-order valence-electron chi connectivity index (χ4n) is 2.29. The van der Waals surface area contributed by atoms with Crippen LogP contribution in [0.1, 0.15) is 39.9 Å². The largest absolute Gasteiger partial charge is 0.481 e. The maximum absolute atomic E-state index is 12.2. The lowest BCUT2D eigenvalue weighted by Gasteiger charge is -2.21. The lowest BCUT2D eigenvalue weighted by atomic mass is 9.90. The molecule has 2 N–H and O–H groups in total. The summed E-state index contributed by atoms with van der Waals surface area (Å²) >= 11 is 0. The van der Waals surface area contributed by atoms with Crippen molar-refractivity contribution in [3.05, 3.63) is 18.2 Å². The van der Waals surface area contributed by atoms with Crippen LogP contribution in [0.2, 0.25) is 0 Å². The zero-order valence-electron chi connectivity index (χ0n) is 13.4. The van der Waals surface area contributed by atoms with Crippen LogP contribution >= 0.6 is 0 Å². The first-order valence-electron chi connectivity index (χ1n) is 7.24. The molecule has 0 aromatic carbocycles. The maximum Gasteiger partial charge on any atom is 0.321 e. The number of nitrogens with zero attached hydrogens (tertiary/aromatic N) is 3. The number of rotatable bonds is 2. The van der Waals surface area contributed by atoms with Gasteiger partial charge in [0, 0.05) is 18.5 Å². The summed E-state index contributed by atoms with van der Waals surface area (Å²) in [5, 5.41) is 11.9. The molecule has 1 unspecified atom stereocenters. The summed E-state index contributed by atoms with van der Waals surface area (Å²) in [6, 6.07) is -0.322. The zero-order valence-corrected chi connectivity index (χ0v) is 13.4. The molecule has 1 fully saturated rings. The summed E-state index contributed by atoms with van der Waals surface area (Å²) in [7, 11) is 0. The van der Waals surface area contributed by atoms with E-state index in [9.17, 15) is 14.7 Å². The van der Waals surface area contributed by atoms with Gasteiger partial charge in [-0.3, -0.25) is 4.79 Å². The number of aliphatic carboxylic acids is 1. The van der Waals surface area contributed by atoms with E-state index in [2.05, 4.69) is 15.3 Å². The minimum absolute atomic E-state index is 0.152. The van der Waals surface area contributed by atoms with Crippen molar-refractivity contribution in [3.63, 3.8) is 0 Å². The first kappa shape index (κ1) is 16.2. The van der Waals surface area contributed by atoms with Crippen molar-refractivity contribution >= 4 is 17.7 Å². The predicted octanol–water partition coefficient (Wildman–Crippen LogP) is 2.10. The molecule has 120 valence electrons. The normalized spacial score (nSPS) is 21.7. The van der Waals surface area contributed by atoms with Gasteiger partial charge in [0.05, 0.1) is 23.5 Å². The third-order valence-corrected chi connectivity index (χ3v) is 3.85. The van der Waals surface area contributed by atoms with E-state index in [-0.39, 0.29) is 18.0 Å². The third kappa shape index (κ3) is 3.35. The van der Waals surface area contributed by atoms with Crippen molar-refractivity contribution in [2.75, 3.05) is 18.4 Å². The highest BCUT2D eigenvalue weighted by Crippen LogP contribution is 2.30. The van der Waals surface area contributed by atoms with E-state index in [0.29, 0.717) is 24.5 Å². The molecule has 0 radical (unpaired) electrons. The van der Waals surface area contributed by atoms with Crippen molar-refractivity contribution in [1.29, 1.82) is 0 Å². The van der Waals surface area contributed by atoms with Crippen LogP contribution in [0.5, 0.6) is 0 Å². The lowest BCUT2D eigenvalue weighted by molar-refractivity contribution is -0.146. The van der Waals surface area contributed by atoms with Gasteiger partial charge in [0.2, 0.25) is 0 Å². The monoisotopic (exact) mass is 306 g/mol. The molecule has 2 heterocycles. The number of carboxylic acid groups (broad SMARTS) is 1. The molecule has 0 aliphatic carbocycles. The minimum Gasteiger partial charge on any atom is -0.481 e. The fraction of sp³-hybridized carbons (Fsp3) is 0.600. The molecule has 0 saturated carbocycles. The number of likely N-dealkylation sites (tertiary alicyclic amines) is 1. The van der Waals surface area contributed by atoms with Gasteiger partial charge in [-0.2, -0.15) is 0 Å². The van der Waals surface area contributed by atoms with Gasteiger partial charge in [0.15, 0.2) is 0 Å². The van der Waals surface area contributed by atoms with Crippen LogP contribution < -0.4 is 5.32 Å². The first-order chi connectivity index (χ1) is 10.1. The second kappa shape index (κ2) is 5.55. The second-order valence-corrected chi connectivity index (χ2v) is 7.01. The average Bonchev–Trinajstić information content (AvgIpc) is 2.82. The van der Waals surface area contributed by atoms with Gasteiger partial charge in [-0.1, -0.05) is 20.8 Å². The number of nitrogens with one attached hydrogen (secondary N) is 1. The molecule has 1 atom stereocenters. The van der Waals surface area contributed by atoms with Crippen molar-refractivity contribution in [1.82, 2.24) is 14.9 Å². The topological polar surface area (TPSA) is 95.4 Å². The molecule has 7 heteroatoms. The molecule has 1 aliphatic rings. The maximum atomic E-state index is 12.2. The highest BCUT2D eigenvalue weighted by Gasteiger charge is 2.42. The van der Waals surface area contributed by atoms with Gasteiger partial charge in [-0.25, -0.2) is 14.8 Å². The fourth-order valence-corrected chi connectivity index (χ4v) is 2.29. The zero-order chi connectivity index (χ0) is 16.5. The van der Waals surface area contributed by atoms with Crippen molar-refractivity contribution in [3.8, 4) is 0 Å². The van der Waals surface area contributed by atoms with Crippen molar-refractivity contribution in [2.24, 2.45) is 5.41 Å². The van der Waals surface area contributed by atoms with Crippen LogP contribution in [0.4, 0.5) is 10.5 Å². The van der Waals surface area contributed by atoms with Crippen LogP contribution in [0, 0.1) is 5.41 Å². The number of aromatic nitrogens is 2. The van der Waals surface area contributed by atoms with Crippen LogP contribution in [-0.4, -0.2) is 45.1 Å². The molecular formula is C15H22N4O3. The number of carbonyl (C=O) groups excluding carboxylic acids is 1. The van der Waals surface area contributed by atoms with E-state index >= 15 is 0 Å². The Morgan fingerprint density at radius 3 is 2.36 bits per heavy atom. The van der Waals surface area contributed by atoms with E-state index in [0.717, 1.165) is 0 Å². The summed E-state index contributed by atoms with van der Waals surface area (Å²) in [6.07, 6.45) is 3.59. The number of urea groups is 1. The quantitative estimate of drug-likeness (QED) is 0.872. The van der Waals surface area contributed by atoms with Gasteiger partial charge in [0.25, 0.3) is 0 Å². The van der Waals surface area contributed by atoms with E-state index < -0.39 is 11.4 Å². The number of hydrogen-bond acceptors (Lipinski definition) is 4. The van der Waals surface area contributed by atoms with E-state index in [1.54, 1.807) is 19.3 Å². The molecule has 7 nitrogen and oxygen atoms in total. The number of carbonyl (C=O) groups is 2. The molecule has 1 aromatic rings. The summed E-state index contributed by atoms with van der Waals surface area (Å²) in [5.74, 6) is -0.175. The molecule has 22 heavy (non-hydrogen) atoms. The molecule has 2 rings (SSSR count). The van der Waals surface area contributed by atoms with Crippen LogP contribution in [0.3, 0.4) is 0 Å². The minimum atomic E-state index is -0.874. The van der Waals surface area contributed by atoms with Crippen molar-refractivity contribution in [2.45, 2.75) is 39.5 Å². The van der Waals surface area contributed by atoms with Gasteiger partial charge in [0.1, 0.15) is 5.82 Å². The Kier molecular flexibility index (Phi) is 4.08. The van der Waals surface area contributed by atoms with E-state index in [1.165, 1.54) is 4.90 Å². The summed E-state index contributed by atoms with van der Waals surface area (Å²) in [6.45, 7) is 8.32. The van der Waals surface area contributed by atoms with Crippen LogP contribution in [-0.2, 0) is 10.2 Å². The highest BCUT2D eigenvalue weighted by molar-refractivity contribution is 5.90. The Balaban J connectivity index is 2.00. The van der Waals surface area contributed by atoms with Gasteiger partial charge in [-0.05, 0) is 13.3 Å². The molecule has 2 amide bonds. The Bertz CT molecular complexity index is 579. The Morgan fingerprint density at radius 2 is 1.91 bits per heavy atom. The number of hydrogen-bond donors (Lipinski definition) is 2. The number of carboxylic acids is 1. The predicted molar refractivity (Wildman–Crippen MR) is 81.7 cm³/mol. The van der Waals surface area contributed by atoms with Crippen LogP contribution in [0.25, 0.3) is 0 Å². The summed E-state index contributed by atoms with van der Waals surface area (Å²) in [5.41, 5.74) is -0.521. The van der Waals surface area contributed by atoms with Gasteiger partial charge < -0.3 is 15.3 Å². The average molecular weight is 306 g/mol. The van der Waals surface area contributed by atoms with E-state index in [4.69, 9.17) is 0 Å². The molecule has 1 aromatic heterocycles. The molecule has 1 saturated heterocycles. The van der Waals surface area contributed by atoms with Crippen molar-refractivity contribution < 1.29 is 14.7 Å². The Morgan fingerprint density at radius 1 is 1.32 bits per heavy atom. The van der Waals surface area contributed by atoms with Crippen LogP contribution in [0.15, 0.2) is 12.4 Å². The summed E-state index contributed by atoms with van der Waals surface area (Å²) in [4.78, 5) is 33.4. The third-order valence-electron chi connectivity index (χ3n) is 3.85. The Hall–Kier alpha value is -2.18. The molecule has 1 aliphatic heterocycles. The standard InChI is InChI=1S/C15H22N4O3/c1-14(2,3)11-16-7-10(8-17-11)18-13(22)19-6-5-15(4,9-19)12(20)21/h7-8H,5-6,9H2,1-4H3,(H,18,22)(H,20,21). The second-order valence-electron chi connectivity index (χ2n) is 7.01. The van der Waals surface area contributed by atoms with Gasteiger partial charge >= 0.3 is 12.0 Å². The molecule has 0 spiro atoms. The smallest absolute Gasteiger partial charge is 0.321 e.